The number of unbranched alkanes of at least 4 members (excludes halogenated alkanes) is 14. The molecule has 2 nitrogen and oxygen atoms in total. The number of hydrogen-bond acceptors (Lipinski definition) is 2. The van der Waals surface area contributed by atoms with Gasteiger partial charge in [0.1, 0.15) is 11.5 Å². The second kappa shape index (κ2) is 17.2. The molecule has 2 rings (SSSR count). The molecule has 1 fully saturated rings. The summed E-state index contributed by atoms with van der Waals surface area (Å²) in [5, 5.41) is 0. The van der Waals surface area contributed by atoms with E-state index in [1.54, 1.807) is 0 Å². The van der Waals surface area contributed by atoms with Gasteiger partial charge in [-0.2, -0.15) is 0 Å². The van der Waals surface area contributed by atoms with Gasteiger partial charge in [0.2, 0.25) is 0 Å². The van der Waals surface area contributed by atoms with Crippen LogP contribution in [0.25, 0.3) is 0 Å². The molecule has 1 aromatic heterocycles. The molecule has 29 heavy (non-hydrogen) atoms. The highest BCUT2D eigenvalue weighted by atomic mass is 32.2. The molecule has 2 heterocycles. The summed E-state index contributed by atoms with van der Waals surface area (Å²) in [7, 11) is 0. The van der Waals surface area contributed by atoms with Gasteiger partial charge in [-0.3, -0.25) is 0 Å². The standard InChI is InChI=1S/C26H46NOS/c1-2-3-4-5-6-7-8-9-10-11-12-13-14-15-17-20-26-28-25(24-29-26)23-27-21-18-16-19-22-27/h16,18-19,21-22,25-26H,2-15,17,20,23-24H2,1H3/q+1. The van der Waals surface area contributed by atoms with Crippen molar-refractivity contribution in [1.29, 1.82) is 0 Å². The van der Waals surface area contributed by atoms with Crippen LogP contribution < -0.4 is 4.57 Å². The summed E-state index contributed by atoms with van der Waals surface area (Å²) in [4.78, 5) is 0. The molecule has 1 aliphatic rings. The Labute approximate surface area is 185 Å². The predicted molar refractivity (Wildman–Crippen MR) is 127 cm³/mol. The van der Waals surface area contributed by atoms with E-state index in [1.165, 1.54) is 103 Å². The summed E-state index contributed by atoms with van der Waals surface area (Å²) in [5.41, 5.74) is 0.436. The third-order valence-corrected chi connectivity index (χ3v) is 7.33. The van der Waals surface area contributed by atoms with Crippen molar-refractivity contribution in [2.24, 2.45) is 0 Å². The highest BCUT2D eigenvalue weighted by Crippen LogP contribution is 2.29. The van der Waals surface area contributed by atoms with Gasteiger partial charge in [0.15, 0.2) is 18.9 Å². The fraction of sp³-hybridized carbons (Fsp3) is 0.808. The van der Waals surface area contributed by atoms with Crippen molar-refractivity contribution in [1.82, 2.24) is 0 Å². The van der Waals surface area contributed by atoms with E-state index in [1.807, 2.05) is 11.8 Å². The second-order valence-corrected chi connectivity index (χ2v) is 10.0. The van der Waals surface area contributed by atoms with Gasteiger partial charge in [0, 0.05) is 17.9 Å². The molecule has 1 aliphatic heterocycles. The van der Waals surface area contributed by atoms with Crippen molar-refractivity contribution >= 4 is 11.8 Å². The minimum atomic E-state index is 0.383. The fourth-order valence-electron chi connectivity index (χ4n) is 4.23. The number of pyridine rings is 1. The molecule has 0 spiro atoms. The van der Waals surface area contributed by atoms with Gasteiger partial charge < -0.3 is 4.74 Å². The third-order valence-electron chi connectivity index (χ3n) is 6.05. The van der Waals surface area contributed by atoms with Crippen molar-refractivity contribution in [2.75, 3.05) is 5.75 Å². The molecular weight excluding hydrogens is 374 g/mol. The van der Waals surface area contributed by atoms with E-state index >= 15 is 0 Å². The van der Waals surface area contributed by atoms with E-state index < -0.39 is 0 Å². The molecule has 0 aromatic carbocycles. The van der Waals surface area contributed by atoms with E-state index in [0.29, 0.717) is 11.5 Å². The van der Waals surface area contributed by atoms with Crippen molar-refractivity contribution in [3.63, 3.8) is 0 Å². The number of nitrogens with zero attached hydrogens (tertiary/aromatic N) is 1. The van der Waals surface area contributed by atoms with E-state index in [4.69, 9.17) is 4.74 Å². The Morgan fingerprint density at radius 3 is 1.79 bits per heavy atom. The van der Waals surface area contributed by atoms with E-state index in [9.17, 15) is 0 Å². The van der Waals surface area contributed by atoms with E-state index in [-0.39, 0.29) is 0 Å². The lowest BCUT2D eigenvalue weighted by Gasteiger charge is -2.10. The highest BCUT2D eigenvalue weighted by Gasteiger charge is 2.28. The monoisotopic (exact) mass is 420 g/mol. The molecule has 0 radical (unpaired) electrons. The van der Waals surface area contributed by atoms with Gasteiger partial charge in [0.25, 0.3) is 0 Å². The number of rotatable bonds is 18. The number of hydrogen-bond donors (Lipinski definition) is 0. The molecule has 2 unspecified atom stereocenters. The third kappa shape index (κ3) is 12.7. The van der Waals surface area contributed by atoms with Crippen LogP contribution in [0.4, 0.5) is 0 Å². The maximum absolute atomic E-state index is 6.23. The minimum Gasteiger partial charge on any atom is -0.357 e. The normalized spacial score (nSPS) is 19.1. The Balaban J connectivity index is 1.31. The van der Waals surface area contributed by atoms with Crippen LogP contribution in [0.15, 0.2) is 30.6 Å². The van der Waals surface area contributed by atoms with Gasteiger partial charge >= 0.3 is 0 Å². The number of ether oxygens (including phenoxy) is 1. The summed E-state index contributed by atoms with van der Waals surface area (Å²) < 4.78 is 8.46. The average Bonchev–Trinajstić information content (AvgIpc) is 3.19. The Morgan fingerprint density at radius 2 is 1.24 bits per heavy atom. The van der Waals surface area contributed by atoms with Gasteiger partial charge in [-0.25, -0.2) is 4.57 Å². The molecule has 3 heteroatoms. The van der Waals surface area contributed by atoms with Crippen molar-refractivity contribution in [3.05, 3.63) is 30.6 Å². The minimum absolute atomic E-state index is 0.383. The zero-order valence-electron chi connectivity index (χ0n) is 19.0. The lowest BCUT2D eigenvalue weighted by molar-refractivity contribution is -0.703. The first-order valence-corrected chi connectivity index (χ1v) is 13.6. The molecule has 1 saturated heterocycles. The van der Waals surface area contributed by atoms with Crippen LogP contribution in [-0.2, 0) is 11.3 Å². The quantitative estimate of drug-likeness (QED) is 0.178. The first-order valence-electron chi connectivity index (χ1n) is 12.6. The van der Waals surface area contributed by atoms with Crippen LogP contribution in [0, 0.1) is 0 Å². The number of thioether (sulfide) groups is 1. The zero-order chi connectivity index (χ0) is 20.4. The molecule has 0 saturated carbocycles. The molecule has 2 atom stereocenters. The van der Waals surface area contributed by atoms with Gasteiger partial charge in [-0.1, -0.05) is 103 Å². The lowest BCUT2D eigenvalue weighted by Crippen LogP contribution is -2.39. The topological polar surface area (TPSA) is 13.1 Å². The Bertz CT molecular complexity index is 481. The summed E-state index contributed by atoms with van der Waals surface area (Å²) in [5.74, 6) is 1.14. The smallest absolute Gasteiger partial charge is 0.175 e. The second-order valence-electron chi connectivity index (χ2n) is 8.83. The van der Waals surface area contributed by atoms with Crippen LogP contribution in [0.2, 0.25) is 0 Å². The largest absolute Gasteiger partial charge is 0.357 e. The SMILES string of the molecule is CCCCCCCCCCCCCCCCCC1OC(C[n+]2ccccc2)CS1. The maximum Gasteiger partial charge on any atom is 0.175 e. The van der Waals surface area contributed by atoms with Crippen molar-refractivity contribution < 1.29 is 9.30 Å². The van der Waals surface area contributed by atoms with Crippen LogP contribution in [-0.4, -0.2) is 17.3 Å². The van der Waals surface area contributed by atoms with Gasteiger partial charge in [-0.15, -0.1) is 11.8 Å². The maximum atomic E-state index is 6.23. The van der Waals surface area contributed by atoms with Crippen LogP contribution >= 0.6 is 11.8 Å². The Morgan fingerprint density at radius 1 is 0.724 bits per heavy atom. The Hall–Kier alpha value is -0.540. The van der Waals surface area contributed by atoms with Gasteiger partial charge in [0.05, 0.1) is 0 Å². The highest BCUT2D eigenvalue weighted by molar-refractivity contribution is 8.00. The molecule has 166 valence electrons. The Kier molecular flexibility index (Phi) is 14.6. The summed E-state index contributed by atoms with van der Waals surface area (Å²) in [6, 6.07) is 6.25. The molecule has 1 aromatic rings. The molecule has 0 aliphatic carbocycles. The lowest BCUT2D eigenvalue weighted by atomic mass is 10.0. The number of aromatic nitrogens is 1. The predicted octanol–water partition coefficient (Wildman–Crippen LogP) is 7.69. The summed E-state index contributed by atoms with van der Waals surface area (Å²) in [6.07, 6.45) is 27.4. The van der Waals surface area contributed by atoms with E-state index in [0.717, 1.165) is 12.3 Å². The van der Waals surface area contributed by atoms with Crippen LogP contribution in [0.3, 0.4) is 0 Å². The average molecular weight is 421 g/mol. The van der Waals surface area contributed by atoms with Crippen LogP contribution in [0.1, 0.15) is 110 Å². The first-order chi connectivity index (χ1) is 14.4. The summed E-state index contributed by atoms with van der Waals surface area (Å²) in [6.45, 7) is 3.29. The summed E-state index contributed by atoms with van der Waals surface area (Å²) >= 11 is 2.02. The molecule has 0 amide bonds. The molecule has 0 bridgehead atoms. The van der Waals surface area contributed by atoms with E-state index in [2.05, 4.69) is 42.1 Å². The van der Waals surface area contributed by atoms with Crippen LogP contribution in [0.5, 0.6) is 0 Å². The molecular formula is C26H46NOS+. The van der Waals surface area contributed by atoms with Crippen molar-refractivity contribution in [2.45, 2.75) is 128 Å². The molecule has 0 N–H and O–H groups in total. The zero-order valence-corrected chi connectivity index (χ0v) is 19.8. The van der Waals surface area contributed by atoms with Crippen molar-refractivity contribution in [3.8, 4) is 0 Å². The fourth-order valence-corrected chi connectivity index (χ4v) is 5.41. The first kappa shape index (κ1) is 24.7. The van der Waals surface area contributed by atoms with Gasteiger partial charge in [-0.05, 0) is 12.8 Å².